The summed E-state index contributed by atoms with van der Waals surface area (Å²) >= 11 is 0. The van der Waals surface area contributed by atoms with E-state index >= 15 is 0 Å². The second-order valence-electron chi connectivity index (χ2n) is 8.32. The molecule has 1 saturated heterocycles. The number of amides is 2. The van der Waals surface area contributed by atoms with E-state index in [0.717, 1.165) is 55.6 Å². The second-order valence-corrected chi connectivity index (χ2v) is 8.32. The largest absolute Gasteiger partial charge is 0.486 e. The third-order valence-corrected chi connectivity index (χ3v) is 6.43. The van der Waals surface area contributed by atoms with Gasteiger partial charge < -0.3 is 19.7 Å². The van der Waals surface area contributed by atoms with Crippen LogP contribution >= 0.6 is 0 Å². The summed E-state index contributed by atoms with van der Waals surface area (Å²) in [4.78, 5) is 27.2. The van der Waals surface area contributed by atoms with Gasteiger partial charge in [0, 0.05) is 19.0 Å². The van der Waals surface area contributed by atoms with Gasteiger partial charge in [0.25, 0.3) is 0 Å². The molecule has 2 aliphatic heterocycles. The lowest BCUT2D eigenvalue weighted by Gasteiger charge is -2.33. The van der Waals surface area contributed by atoms with Crippen molar-refractivity contribution < 1.29 is 19.1 Å². The Labute approximate surface area is 159 Å². The van der Waals surface area contributed by atoms with Crippen LogP contribution in [-0.4, -0.2) is 42.5 Å². The highest BCUT2D eigenvalue weighted by Crippen LogP contribution is 2.43. The summed E-state index contributed by atoms with van der Waals surface area (Å²) < 4.78 is 11.4. The van der Waals surface area contributed by atoms with E-state index < -0.39 is 0 Å². The summed E-state index contributed by atoms with van der Waals surface area (Å²) in [7, 11) is 0. The molecule has 1 N–H and O–H groups in total. The maximum absolute atomic E-state index is 13.1. The molecule has 1 unspecified atom stereocenters. The molecule has 0 bridgehead atoms. The van der Waals surface area contributed by atoms with Crippen molar-refractivity contribution in [3.8, 4) is 11.5 Å². The molecule has 2 aliphatic carbocycles. The Hall–Kier alpha value is -2.24. The molecule has 3 fully saturated rings. The Morgan fingerprint density at radius 3 is 2.59 bits per heavy atom. The van der Waals surface area contributed by atoms with Crippen LogP contribution in [0.15, 0.2) is 18.2 Å². The minimum atomic E-state index is -0.358. The molecule has 2 heterocycles. The lowest BCUT2D eigenvalue weighted by atomic mass is 9.87. The van der Waals surface area contributed by atoms with Gasteiger partial charge in [0.2, 0.25) is 11.8 Å². The van der Waals surface area contributed by atoms with Gasteiger partial charge in [0.15, 0.2) is 11.5 Å². The molecule has 4 aliphatic rings. The van der Waals surface area contributed by atoms with E-state index in [4.69, 9.17) is 9.47 Å². The minimum Gasteiger partial charge on any atom is -0.486 e. The monoisotopic (exact) mass is 370 g/mol. The SMILES string of the molecule is O=C(NC1(c2ccc3c(c2)OCCO3)CCCC1)C1CC(=O)N(C2CC2)C1. The molecule has 6 nitrogen and oxygen atoms in total. The molecule has 6 heteroatoms. The Morgan fingerprint density at radius 2 is 1.85 bits per heavy atom. The van der Waals surface area contributed by atoms with Crippen molar-refractivity contribution >= 4 is 11.8 Å². The second kappa shape index (κ2) is 6.43. The fraction of sp³-hybridized carbons (Fsp3) is 0.619. The number of likely N-dealkylation sites (tertiary alicyclic amines) is 1. The lowest BCUT2D eigenvalue weighted by Crippen LogP contribution is -2.47. The van der Waals surface area contributed by atoms with Crippen LogP contribution < -0.4 is 14.8 Å². The summed E-state index contributed by atoms with van der Waals surface area (Å²) in [6, 6.07) is 6.41. The molecule has 5 rings (SSSR count). The first-order valence-corrected chi connectivity index (χ1v) is 10.2. The number of carbonyl (C=O) groups excluding carboxylic acids is 2. The maximum atomic E-state index is 13.1. The summed E-state index contributed by atoms with van der Waals surface area (Å²) in [5, 5.41) is 3.34. The topological polar surface area (TPSA) is 67.9 Å². The van der Waals surface area contributed by atoms with Crippen molar-refractivity contribution in [3.05, 3.63) is 23.8 Å². The average Bonchev–Trinajstić information content (AvgIpc) is 3.29. The Morgan fingerprint density at radius 1 is 1.11 bits per heavy atom. The predicted molar refractivity (Wildman–Crippen MR) is 98.6 cm³/mol. The van der Waals surface area contributed by atoms with Crippen LogP contribution in [-0.2, 0) is 15.1 Å². The first kappa shape index (κ1) is 16.9. The van der Waals surface area contributed by atoms with Gasteiger partial charge in [-0.15, -0.1) is 0 Å². The molecule has 0 spiro atoms. The Kier molecular flexibility index (Phi) is 4.02. The number of hydrogen-bond acceptors (Lipinski definition) is 4. The first-order valence-electron chi connectivity index (χ1n) is 10.2. The standard InChI is InChI=1S/C21H26N2O4/c24-19-11-14(13-23(19)16-4-5-16)20(25)22-21(7-1-2-8-21)15-3-6-17-18(12-15)27-10-9-26-17/h3,6,12,14,16H,1-2,4-5,7-11,13H2,(H,22,25). The first-order chi connectivity index (χ1) is 13.1. The Balaban J connectivity index is 1.36. The van der Waals surface area contributed by atoms with Crippen LogP contribution in [0.1, 0.15) is 50.5 Å². The predicted octanol–water partition coefficient (Wildman–Crippen LogP) is 2.35. The number of nitrogens with zero attached hydrogens (tertiary/aromatic N) is 1. The van der Waals surface area contributed by atoms with Crippen LogP contribution in [0.2, 0.25) is 0 Å². The zero-order valence-corrected chi connectivity index (χ0v) is 15.5. The normalized spacial score (nSPS) is 26.3. The highest BCUT2D eigenvalue weighted by molar-refractivity contribution is 5.90. The third kappa shape index (κ3) is 3.05. The van der Waals surface area contributed by atoms with E-state index in [-0.39, 0.29) is 23.3 Å². The summed E-state index contributed by atoms with van der Waals surface area (Å²) in [5.74, 6) is 1.45. The van der Waals surface area contributed by atoms with Gasteiger partial charge in [-0.05, 0) is 43.4 Å². The molecular formula is C21H26N2O4. The number of rotatable bonds is 4. The fourth-order valence-corrected chi connectivity index (χ4v) is 4.79. The smallest absolute Gasteiger partial charge is 0.226 e. The number of carbonyl (C=O) groups is 2. The van der Waals surface area contributed by atoms with Crippen LogP contribution in [0, 0.1) is 5.92 Å². The molecular weight excluding hydrogens is 344 g/mol. The number of hydrogen-bond donors (Lipinski definition) is 1. The highest BCUT2D eigenvalue weighted by atomic mass is 16.6. The molecule has 1 aromatic rings. The van der Waals surface area contributed by atoms with Crippen molar-refractivity contribution in [3.63, 3.8) is 0 Å². The van der Waals surface area contributed by atoms with Gasteiger partial charge in [-0.3, -0.25) is 9.59 Å². The van der Waals surface area contributed by atoms with Gasteiger partial charge in [-0.2, -0.15) is 0 Å². The van der Waals surface area contributed by atoms with Gasteiger partial charge >= 0.3 is 0 Å². The van der Waals surface area contributed by atoms with E-state index in [1.54, 1.807) is 0 Å². The van der Waals surface area contributed by atoms with Crippen LogP contribution in [0.5, 0.6) is 11.5 Å². The number of ether oxygens (including phenoxy) is 2. The van der Waals surface area contributed by atoms with E-state index in [1.807, 2.05) is 17.0 Å². The summed E-state index contributed by atoms with van der Waals surface area (Å²) in [6.45, 7) is 1.70. The Bertz CT molecular complexity index is 767. The van der Waals surface area contributed by atoms with E-state index in [0.29, 0.717) is 32.2 Å². The van der Waals surface area contributed by atoms with Gasteiger partial charge in [0.05, 0.1) is 11.5 Å². The van der Waals surface area contributed by atoms with Crippen LogP contribution in [0.4, 0.5) is 0 Å². The van der Waals surface area contributed by atoms with E-state index in [9.17, 15) is 9.59 Å². The molecule has 2 amide bonds. The van der Waals surface area contributed by atoms with Gasteiger partial charge in [0.1, 0.15) is 13.2 Å². The fourth-order valence-electron chi connectivity index (χ4n) is 4.79. The van der Waals surface area contributed by atoms with Crippen molar-refractivity contribution in [2.75, 3.05) is 19.8 Å². The molecule has 1 aromatic carbocycles. The van der Waals surface area contributed by atoms with Crippen molar-refractivity contribution in [2.24, 2.45) is 5.92 Å². The molecule has 1 atom stereocenters. The highest BCUT2D eigenvalue weighted by Gasteiger charge is 2.44. The number of nitrogens with one attached hydrogen (secondary N) is 1. The van der Waals surface area contributed by atoms with Crippen molar-refractivity contribution in [1.82, 2.24) is 10.2 Å². The minimum absolute atomic E-state index is 0.0169. The molecule has 2 saturated carbocycles. The van der Waals surface area contributed by atoms with Crippen molar-refractivity contribution in [2.45, 2.75) is 56.5 Å². The zero-order valence-electron chi connectivity index (χ0n) is 15.5. The zero-order chi connectivity index (χ0) is 18.4. The molecule has 27 heavy (non-hydrogen) atoms. The van der Waals surface area contributed by atoms with Gasteiger partial charge in [-0.1, -0.05) is 18.9 Å². The molecule has 0 radical (unpaired) electrons. The molecule has 144 valence electrons. The van der Waals surface area contributed by atoms with Crippen molar-refractivity contribution in [1.29, 1.82) is 0 Å². The maximum Gasteiger partial charge on any atom is 0.226 e. The van der Waals surface area contributed by atoms with E-state index in [2.05, 4.69) is 11.4 Å². The summed E-state index contributed by atoms with van der Waals surface area (Å²) in [5.41, 5.74) is 0.726. The molecule has 0 aromatic heterocycles. The number of fused-ring (bicyclic) bond motifs is 1. The lowest BCUT2D eigenvalue weighted by molar-refractivity contribution is -0.129. The van der Waals surface area contributed by atoms with Crippen LogP contribution in [0.25, 0.3) is 0 Å². The quantitative estimate of drug-likeness (QED) is 0.883. The van der Waals surface area contributed by atoms with Gasteiger partial charge in [-0.25, -0.2) is 0 Å². The number of benzene rings is 1. The summed E-state index contributed by atoms with van der Waals surface area (Å²) in [6.07, 6.45) is 6.54. The average molecular weight is 370 g/mol. The third-order valence-electron chi connectivity index (χ3n) is 6.43. The van der Waals surface area contributed by atoms with Crippen LogP contribution in [0.3, 0.4) is 0 Å². The van der Waals surface area contributed by atoms with E-state index in [1.165, 1.54) is 0 Å².